The molecule has 0 saturated heterocycles. The molecule has 100 valence electrons. The Bertz CT molecular complexity index is 384. The van der Waals surface area contributed by atoms with Crippen molar-refractivity contribution in [2.45, 2.75) is 45.2 Å². The zero-order chi connectivity index (χ0) is 13.8. The summed E-state index contributed by atoms with van der Waals surface area (Å²) in [4.78, 5) is 17.8. The highest BCUT2D eigenvalue weighted by atomic mass is 16.2. The van der Waals surface area contributed by atoms with Gasteiger partial charge in [0.25, 0.3) is 0 Å². The molecule has 0 bridgehead atoms. The van der Waals surface area contributed by atoms with Crippen molar-refractivity contribution in [1.82, 2.24) is 9.88 Å². The highest BCUT2D eigenvalue weighted by Crippen LogP contribution is 2.19. The Hall–Kier alpha value is -1.42. The average Bonchev–Trinajstić information content (AvgIpc) is 2.34. The number of carbonyl (C=O) groups is 1. The molecule has 1 aromatic heterocycles. The summed E-state index contributed by atoms with van der Waals surface area (Å²) in [7, 11) is 1.83. The summed E-state index contributed by atoms with van der Waals surface area (Å²) in [6.45, 7) is 5.89. The largest absolute Gasteiger partial charge is 0.339 e. The van der Waals surface area contributed by atoms with Crippen LogP contribution in [0.4, 0.5) is 0 Å². The van der Waals surface area contributed by atoms with E-state index in [0.29, 0.717) is 12.8 Å². The van der Waals surface area contributed by atoms with Crippen LogP contribution < -0.4 is 5.73 Å². The zero-order valence-corrected chi connectivity index (χ0v) is 11.7. The summed E-state index contributed by atoms with van der Waals surface area (Å²) in [5.74, 6) is 0.123. The molecule has 1 aromatic rings. The van der Waals surface area contributed by atoms with Gasteiger partial charge in [0.2, 0.25) is 5.91 Å². The minimum Gasteiger partial charge on any atom is -0.339 e. The normalized spacial score (nSPS) is 13.2. The predicted octanol–water partition coefficient (Wildman–Crippen LogP) is 2.12. The van der Waals surface area contributed by atoms with E-state index in [-0.39, 0.29) is 17.5 Å². The van der Waals surface area contributed by atoms with E-state index in [1.807, 2.05) is 40.0 Å². The Morgan fingerprint density at radius 1 is 1.44 bits per heavy atom. The standard InChI is InChI=1S/C14H23N3O/c1-11(12-6-9-16-10-7-12)17(4)13(18)5-8-14(2,3)15/h6-7,9-11H,5,8,15H2,1-4H3. The summed E-state index contributed by atoms with van der Waals surface area (Å²) in [6.07, 6.45) is 4.66. The summed E-state index contributed by atoms with van der Waals surface area (Å²) in [5, 5.41) is 0. The molecule has 4 heteroatoms. The van der Waals surface area contributed by atoms with E-state index in [4.69, 9.17) is 5.73 Å². The van der Waals surface area contributed by atoms with Crippen LogP contribution in [0.2, 0.25) is 0 Å². The number of carbonyl (C=O) groups excluding carboxylic acids is 1. The molecule has 1 amide bonds. The van der Waals surface area contributed by atoms with E-state index in [1.54, 1.807) is 17.3 Å². The summed E-state index contributed by atoms with van der Waals surface area (Å²) < 4.78 is 0. The third-order valence-electron chi connectivity index (χ3n) is 3.15. The van der Waals surface area contributed by atoms with Gasteiger partial charge in [0.05, 0.1) is 6.04 Å². The van der Waals surface area contributed by atoms with Gasteiger partial charge >= 0.3 is 0 Å². The highest BCUT2D eigenvalue weighted by Gasteiger charge is 2.19. The number of nitrogens with zero attached hydrogens (tertiary/aromatic N) is 2. The first-order valence-electron chi connectivity index (χ1n) is 6.26. The van der Waals surface area contributed by atoms with Gasteiger partial charge < -0.3 is 10.6 Å². The lowest BCUT2D eigenvalue weighted by Crippen LogP contribution is -2.35. The van der Waals surface area contributed by atoms with Gasteiger partial charge in [-0.1, -0.05) is 0 Å². The second kappa shape index (κ2) is 5.96. The van der Waals surface area contributed by atoms with Crippen molar-refractivity contribution in [3.63, 3.8) is 0 Å². The molecule has 18 heavy (non-hydrogen) atoms. The first kappa shape index (κ1) is 14.6. The average molecular weight is 249 g/mol. The molecular formula is C14H23N3O. The van der Waals surface area contributed by atoms with E-state index in [1.165, 1.54) is 0 Å². The molecule has 4 nitrogen and oxygen atoms in total. The Kier molecular flexibility index (Phi) is 4.84. The second-order valence-corrected chi connectivity index (χ2v) is 5.45. The fourth-order valence-corrected chi connectivity index (χ4v) is 1.69. The highest BCUT2D eigenvalue weighted by molar-refractivity contribution is 5.76. The van der Waals surface area contributed by atoms with Crippen molar-refractivity contribution in [3.05, 3.63) is 30.1 Å². The summed E-state index contributed by atoms with van der Waals surface area (Å²) >= 11 is 0. The van der Waals surface area contributed by atoms with E-state index >= 15 is 0 Å². The lowest BCUT2D eigenvalue weighted by molar-refractivity contribution is -0.132. The number of aromatic nitrogens is 1. The van der Waals surface area contributed by atoms with Gasteiger partial charge in [0.15, 0.2) is 0 Å². The van der Waals surface area contributed by atoms with Crippen molar-refractivity contribution in [2.24, 2.45) is 5.73 Å². The quantitative estimate of drug-likeness (QED) is 0.869. The first-order valence-corrected chi connectivity index (χ1v) is 6.26. The van der Waals surface area contributed by atoms with Gasteiger partial charge in [-0.15, -0.1) is 0 Å². The Morgan fingerprint density at radius 3 is 2.50 bits per heavy atom. The van der Waals surface area contributed by atoms with E-state index in [0.717, 1.165) is 5.56 Å². The molecule has 0 aliphatic rings. The van der Waals surface area contributed by atoms with Gasteiger partial charge in [0.1, 0.15) is 0 Å². The minimum absolute atomic E-state index is 0.0568. The molecule has 0 aliphatic carbocycles. The molecule has 0 saturated carbocycles. The second-order valence-electron chi connectivity index (χ2n) is 5.45. The number of hydrogen-bond donors (Lipinski definition) is 1. The van der Waals surface area contributed by atoms with Crippen molar-refractivity contribution in [3.8, 4) is 0 Å². The van der Waals surface area contributed by atoms with Gasteiger partial charge in [-0.2, -0.15) is 0 Å². The fraction of sp³-hybridized carbons (Fsp3) is 0.571. The van der Waals surface area contributed by atoms with Crippen LogP contribution in [0, 0.1) is 0 Å². The van der Waals surface area contributed by atoms with Gasteiger partial charge in [-0.05, 0) is 44.9 Å². The van der Waals surface area contributed by atoms with Crippen LogP contribution in [0.25, 0.3) is 0 Å². The van der Waals surface area contributed by atoms with Crippen LogP contribution in [0.5, 0.6) is 0 Å². The summed E-state index contributed by atoms with van der Waals surface area (Å²) in [5.41, 5.74) is 6.69. The predicted molar refractivity (Wildman–Crippen MR) is 72.9 cm³/mol. The number of amides is 1. The van der Waals surface area contributed by atoms with Crippen molar-refractivity contribution < 1.29 is 4.79 Å². The van der Waals surface area contributed by atoms with E-state index in [9.17, 15) is 4.79 Å². The Labute approximate surface area is 109 Å². The third-order valence-corrected chi connectivity index (χ3v) is 3.15. The molecule has 1 heterocycles. The number of pyridine rings is 1. The number of hydrogen-bond acceptors (Lipinski definition) is 3. The van der Waals surface area contributed by atoms with Crippen molar-refractivity contribution in [1.29, 1.82) is 0 Å². The van der Waals surface area contributed by atoms with E-state index < -0.39 is 0 Å². The molecule has 0 fully saturated rings. The molecule has 1 unspecified atom stereocenters. The van der Waals surface area contributed by atoms with Crippen molar-refractivity contribution >= 4 is 5.91 Å². The van der Waals surface area contributed by atoms with E-state index in [2.05, 4.69) is 4.98 Å². The third kappa shape index (κ3) is 4.45. The van der Waals surface area contributed by atoms with Crippen LogP contribution in [0.3, 0.4) is 0 Å². The van der Waals surface area contributed by atoms with Gasteiger partial charge in [-0.25, -0.2) is 0 Å². The topological polar surface area (TPSA) is 59.2 Å². The SMILES string of the molecule is CC(c1ccncc1)N(C)C(=O)CCC(C)(C)N. The molecular weight excluding hydrogens is 226 g/mol. The fourth-order valence-electron chi connectivity index (χ4n) is 1.69. The summed E-state index contributed by atoms with van der Waals surface area (Å²) in [6, 6.07) is 3.92. The Balaban J connectivity index is 2.59. The molecule has 1 rings (SSSR count). The van der Waals surface area contributed by atoms with Crippen LogP contribution in [-0.4, -0.2) is 28.4 Å². The van der Waals surface area contributed by atoms with Crippen LogP contribution >= 0.6 is 0 Å². The van der Waals surface area contributed by atoms with Crippen molar-refractivity contribution in [2.75, 3.05) is 7.05 Å². The van der Waals surface area contributed by atoms with Gasteiger partial charge in [-0.3, -0.25) is 9.78 Å². The number of rotatable bonds is 5. The molecule has 0 spiro atoms. The molecule has 1 atom stereocenters. The zero-order valence-electron chi connectivity index (χ0n) is 11.7. The van der Waals surface area contributed by atoms with Crippen LogP contribution in [0.15, 0.2) is 24.5 Å². The van der Waals surface area contributed by atoms with Crippen LogP contribution in [0.1, 0.15) is 45.2 Å². The maximum absolute atomic E-state index is 12.1. The minimum atomic E-state index is -0.295. The number of nitrogens with two attached hydrogens (primary N) is 1. The maximum Gasteiger partial charge on any atom is 0.222 e. The monoisotopic (exact) mass is 249 g/mol. The Morgan fingerprint density at radius 2 is 2.00 bits per heavy atom. The lowest BCUT2D eigenvalue weighted by atomic mass is 9.99. The smallest absolute Gasteiger partial charge is 0.222 e. The maximum atomic E-state index is 12.1. The molecule has 0 aliphatic heterocycles. The first-order chi connectivity index (χ1) is 8.31. The lowest BCUT2D eigenvalue weighted by Gasteiger charge is -2.27. The van der Waals surface area contributed by atoms with Gasteiger partial charge in [0, 0.05) is 31.4 Å². The molecule has 2 N–H and O–H groups in total. The molecule has 0 aromatic carbocycles. The molecule has 0 radical (unpaired) electrons. The van der Waals surface area contributed by atoms with Crippen LogP contribution in [-0.2, 0) is 4.79 Å².